The van der Waals surface area contributed by atoms with E-state index in [1.165, 1.54) is 0 Å². The number of aryl methyl sites for hydroxylation is 1. The van der Waals surface area contributed by atoms with Crippen LogP contribution in [0.5, 0.6) is 0 Å². The van der Waals surface area contributed by atoms with Gasteiger partial charge in [-0.25, -0.2) is 14.8 Å². The third-order valence-electron chi connectivity index (χ3n) is 4.75. The number of ether oxygens (including phenoxy) is 1. The van der Waals surface area contributed by atoms with Crippen LogP contribution in [0.4, 0.5) is 10.5 Å². The van der Waals surface area contributed by atoms with Crippen molar-refractivity contribution in [3.8, 4) is 11.3 Å². The van der Waals surface area contributed by atoms with Gasteiger partial charge in [-0.1, -0.05) is 0 Å². The summed E-state index contributed by atoms with van der Waals surface area (Å²) in [5.41, 5.74) is 2.20. The fourth-order valence-electron chi connectivity index (χ4n) is 3.45. The first kappa shape index (κ1) is 22.0. The summed E-state index contributed by atoms with van der Waals surface area (Å²) < 4.78 is 7.00. The smallest absolute Gasteiger partial charge is 0.325 e. The van der Waals surface area contributed by atoms with Crippen molar-refractivity contribution in [3.05, 3.63) is 53.1 Å². The summed E-state index contributed by atoms with van der Waals surface area (Å²) in [5.74, 6) is -0.541. The fraction of sp³-hybridized carbons (Fsp3) is 0.261. The predicted molar refractivity (Wildman–Crippen MR) is 125 cm³/mol. The molecule has 33 heavy (non-hydrogen) atoms. The van der Waals surface area contributed by atoms with Crippen LogP contribution in [0.2, 0.25) is 0 Å². The first-order valence-electron chi connectivity index (χ1n) is 10.3. The Balaban J connectivity index is 1.54. The second-order valence-electron chi connectivity index (χ2n) is 8.57. The highest BCUT2D eigenvalue weighted by molar-refractivity contribution is 5.95. The number of esters is 1. The molecule has 0 aliphatic rings. The fourth-order valence-corrected chi connectivity index (χ4v) is 3.45. The number of hydrogen-bond acceptors (Lipinski definition) is 6. The van der Waals surface area contributed by atoms with E-state index in [9.17, 15) is 14.4 Å². The number of benzene rings is 1. The Hall–Kier alpha value is -4.21. The predicted octanol–water partition coefficient (Wildman–Crippen LogP) is 2.94. The molecule has 0 fully saturated rings. The van der Waals surface area contributed by atoms with Crippen LogP contribution in [0.25, 0.3) is 33.3 Å². The first-order valence-corrected chi connectivity index (χ1v) is 10.3. The molecule has 2 amide bonds. The Kier molecular flexibility index (Phi) is 5.59. The zero-order valence-corrected chi connectivity index (χ0v) is 18.7. The summed E-state index contributed by atoms with van der Waals surface area (Å²) in [6.07, 6.45) is 3.52. The molecular weight excluding hydrogens is 424 g/mol. The zero-order valence-electron chi connectivity index (χ0n) is 18.7. The van der Waals surface area contributed by atoms with E-state index in [-0.39, 0.29) is 17.8 Å². The lowest BCUT2D eigenvalue weighted by atomic mass is 10.1. The Morgan fingerprint density at radius 1 is 1.21 bits per heavy atom. The molecule has 0 bridgehead atoms. The molecule has 170 valence electrons. The molecule has 1 aromatic carbocycles. The lowest BCUT2D eigenvalue weighted by Gasteiger charge is -2.19. The number of aromatic amines is 1. The van der Waals surface area contributed by atoms with Gasteiger partial charge >= 0.3 is 12.0 Å². The topological polar surface area (TPSA) is 131 Å². The van der Waals surface area contributed by atoms with Gasteiger partial charge in [-0.2, -0.15) is 0 Å². The molecule has 0 aliphatic carbocycles. The van der Waals surface area contributed by atoms with Gasteiger partial charge in [0, 0.05) is 36.1 Å². The molecule has 4 aromatic rings. The molecule has 0 aliphatic heterocycles. The lowest BCUT2D eigenvalue weighted by molar-refractivity contribution is -0.153. The maximum Gasteiger partial charge on any atom is 0.325 e. The molecule has 4 rings (SSSR count). The third-order valence-corrected chi connectivity index (χ3v) is 4.75. The van der Waals surface area contributed by atoms with Crippen LogP contribution in [0.3, 0.4) is 0 Å². The average molecular weight is 448 g/mol. The van der Waals surface area contributed by atoms with Gasteiger partial charge in [-0.15, -0.1) is 0 Å². The van der Waals surface area contributed by atoms with Gasteiger partial charge in [0.05, 0.1) is 11.0 Å². The molecule has 0 saturated heterocycles. The zero-order chi connectivity index (χ0) is 23.8. The molecule has 3 aromatic heterocycles. The van der Waals surface area contributed by atoms with Crippen molar-refractivity contribution in [2.75, 3.05) is 11.9 Å². The number of rotatable bonds is 4. The van der Waals surface area contributed by atoms with Crippen LogP contribution in [-0.2, 0) is 16.6 Å². The van der Waals surface area contributed by atoms with Gasteiger partial charge in [-0.05, 0) is 51.1 Å². The number of hydrogen-bond donors (Lipinski definition) is 3. The van der Waals surface area contributed by atoms with Gasteiger partial charge < -0.3 is 24.9 Å². The summed E-state index contributed by atoms with van der Waals surface area (Å²) in [4.78, 5) is 48.4. The van der Waals surface area contributed by atoms with Gasteiger partial charge in [0.1, 0.15) is 23.5 Å². The van der Waals surface area contributed by atoms with E-state index >= 15 is 0 Å². The minimum Gasteiger partial charge on any atom is -0.459 e. The number of carbonyl (C=O) groups is 2. The van der Waals surface area contributed by atoms with Gasteiger partial charge in [-0.3, -0.25) is 9.59 Å². The first-order chi connectivity index (χ1) is 15.6. The van der Waals surface area contributed by atoms with Crippen LogP contribution in [-0.4, -0.2) is 43.7 Å². The monoisotopic (exact) mass is 448 g/mol. The van der Waals surface area contributed by atoms with Gasteiger partial charge in [0.2, 0.25) is 0 Å². The molecule has 3 N–H and O–H groups in total. The van der Waals surface area contributed by atoms with Crippen molar-refractivity contribution >= 4 is 39.8 Å². The number of anilines is 1. The molecule has 0 radical (unpaired) electrons. The van der Waals surface area contributed by atoms with Crippen molar-refractivity contribution in [2.45, 2.75) is 26.4 Å². The summed E-state index contributed by atoms with van der Waals surface area (Å²) in [6.45, 7) is 4.98. The number of nitrogens with one attached hydrogen (secondary N) is 3. The number of carbonyl (C=O) groups excluding carboxylic acids is 2. The number of fused-ring (bicyclic) bond motifs is 2. The van der Waals surface area contributed by atoms with Crippen LogP contribution in [0, 0.1) is 0 Å². The van der Waals surface area contributed by atoms with E-state index in [1.807, 2.05) is 29.9 Å². The number of pyridine rings is 1. The van der Waals surface area contributed by atoms with Crippen molar-refractivity contribution in [1.82, 2.24) is 24.8 Å². The third kappa shape index (κ3) is 4.84. The quantitative estimate of drug-likeness (QED) is 0.412. The molecule has 10 nitrogen and oxygen atoms in total. The van der Waals surface area contributed by atoms with Gasteiger partial charge in [0.25, 0.3) is 5.56 Å². The molecular formula is C23H24N6O4. The van der Waals surface area contributed by atoms with E-state index in [4.69, 9.17) is 4.74 Å². The van der Waals surface area contributed by atoms with E-state index in [1.54, 1.807) is 45.2 Å². The number of amides is 2. The summed E-state index contributed by atoms with van der Waals surface area (Å²) in [7, 11) is 1.86. The average Bonchev–Trinajstić information content (AvgIpc) is 3.07. The Bertz CT molecular complexity index is 1430. The van der Waals surface area contributed by atoms with E-state index in [2.05, 4.69) is 25.6 Å². The number of nitrogens with zero attached hydrogens (tertiary/aromatic N) is 3. The van der Waals surface area contributed by atoms with Gasteiger partial charge in [0.15, 0.2) is 0 Å². The van der Waals surface area contributed by atoms with E-state index < -0.39 is 17.6 Å². The highest BCUT2D eigenvalue weighted by Crippen LogP contribution is 2.26. The summed E-state index contributed by atoms with van der Waals surface area (Å²) in [5, 5.41) is 5.90. The minimum absolute atomic E-state index is 0.266. The SMILES string of the molecule is Cn1cc(-c2nc3ccc(NC(=O)NCC(=O)OC(C)(C)C)cc3[nH]c2=O)c2cccnc21. The Labute approximate surface area is 189 Å². The van der Waals surface area contributed by atoms with E-state index in [0.29, 0.717) is 22.3 Å². The second-order valence-corrected chi connectivity index (χ2v) is 8.57. The Morgan fingerprint density at radius 3 is 2.76 bits per heavy atom. The largest absolute Gasteiger partial charge is 0.459 e. The summed E-state index contributed by atoms with van der Waals surface area (Å²) >= 11 is 0. The second kappa shape index (κ2) is 8.38. The highest BCUT2D eigenvalue weighted by atomic mass is 16.6. The molecule has 10 heteroatoms. The standard InChI is InChI=1S/C23H24N6O4/c1-23(2,3)33-18(30)11-25-22(32)26-13-7-8-16-17(10-13)28-21(31)19(27-16)15-12-29(4)20-14(15)6-5-9-24-20/h5-10,12H,11H2,1-4H3,(H,28,31)(H2,25,26,32). The molecule has 3 heterocycles. The molecule has 0 spiro atoms. The van der Waals surface area contributed by atoms with Crippen LogP contribution < -0.4 is 16.2 Å². The number of urea groups is 1. The summed E-state index contributed by atoms with van der Waals surface area (Å²) in [6, 6.07) is 8.09. The Morgan fingerprint density at radius 2 is 2.00 bits per heavy atom. The lowest BCUT2D eigenvalue weighted by Crippen LogP contribution is -2.36. The van der Waals surface area contributed by atoms with E-state index in [0.717, 1.165) is 11.0 Å². The van der Waals surface area contributed by atoms with Crippen molar-refractivity contribution in [3.63, 3.8) is 0 Å². The number of H-pyrrole nitrogens is 1. The van der Waals surface area contributed by atoms with Crippen molar-refractivity contribution in [1.29, 1.82) is 0 Å². The normalized spacial score (nSPS) is 11.5. The highest BCUT2D eigenvalue weighted by Gasteiger charge is 2.17. The maximum atomic E-state index is 12.8. The molecule has 0 atom stereocenters. The molecule has 0 saturated carbocycles. The maximum absolute atomic E-state index is 12.8. The van der Waals surface area contributed by atoms with Crippen LogP contribution in [0.1, 0.15) is 20.8 Å². The minimum atomic E-state index is -0.631. The van der Waals surface area contributed by atoms with Crippen molar-refractivity contribution in [2.24, 2.45) is 7.05 Å². The van der Waals surface area contributed by atoms with Crippen molar-refractivity contribution < 1.29 is 14.3 Å². The molecule has 0 unspecified atom stereocenters. The van der Waals surface area contributed by atoms with Crippen LogP contribution in [0.15, 0.2) is 47.5 Å². The van der Waals surface area contributed by atoms with Crippen LogP contribution >= 0.6 is 0 Å². The number of aromatic nitrogens is 4.